The quantitative estimate of drug-likeness (QED) is 0.507. The van der Waals surface area contributed by atoms with Gasteiger partial charge >= 0.3 is 0 Å². The van der Waals surface area contributed by atoms with E-state index in [9.17, 15) is 0 Å². The molecule has 0 aromatic heterocycles. The van der Waals surface area contributed by atoms with Crippen LogP contribution in [0.5, 0.6) is 0 Å². The molecule has 1 aromatic carbocycles. The van der Waals surface area contributed by atoms with E-state index in [0.29, 0.717) is 0 Å². The van der Waals surface area contributed by atoms with Gasteiger partial charge in [-0.3, -0.25) is 4.99 Å². The lowest BCUT2D eigenvalue weighted by Crippen LogP contribution is -1.77. The third-order valence-corrected chi connectivity index (χ3v) is 1.97. The average molecular weight is 197 g/mol. The molecule has 0 bridgehead atoms. The summed E-state index contributed by atoms with van der Waals surface area (Å²) in [6.07, 6.45) is 7.36. The highest BCUT2D eigenvalue weighted by atomic mass is 14.7. The van der Waals surface area contributed by atoms with Gasteiger partial charge in [0.1, 0.15) is 0 Å². The van der Waals surface area contributed by atoms with E-state index < -0.39 is 0 Å². The van der Waals surface area contributed by atoms with Gasteiger partial charge in [0.25, 0.3) is 0 Å². The normalized spacial score (nSPS) is 11.0. The molecule has 0 aliphatic heterocycles. The van der Waals surface area contributed by atoms with Gasteiger partial charge in [-0.2, -0.15) is 0 Å². The van der Waals surface area contributed by atoms with E-state index >= 15 is 0 Å². The summed E-state index contributed by atoms with van der Waals surface area (Å²) in [7, 11) is 0. The summed E-state index contributed by atoms with van der Waals surface area (Å²) in [6.45, 7) is 9.55. The van der Waals surface area contributed by atoms with E-state index in [2.05, 4.69) is 18.2 Å². The first kappa shape index (κ1) is 11.2. The molecular formula is C14H15N. The summed E-state index contributed by atoms with van der Waals surface area (Å²) in [5.74, 6) is 0. The van der Waals surface area contributed by atoms with Crippen LogP contribution in [0.15, 0.2) is 60.6 Å². The van der Waals surface area contributed by atoms with Crippen molar-refractivity contribution < 1.29 is 0 Å². The molecule has 0 aliphatic rings. The number of aliphatic imine (C=N–C) groups is 1. The Labute approximate surface area is 91.2 Å². The fraction of sp³-hybridized carbons (Fsp3) is 0.0714. The van der Waals surface area contributed by atoms with Gasteiger partial charge in [0.15, 0.2) is 0 Å². The van der Waals surface area contributed by atoms with Gasteiger partial charge in [0.05, 0.1) is 5.69 Å². The van der Waals surface area contributed by atoms with E-state index in [0.717, 1.165) is 16.8 Å². The molecule has 0 aliphatic carbocycles. The predicted octanol–water partition coefficient (Wildman–Crippen LogP) is 4.16. The molecule has 0 heterocycles. The molecule has 0 N–H and O–H groups in total. The lowest BCUT2D eigenvalue weighted by molar-refractivity contribution is 1.51. The molecule has 1 aromatic rings. The van der Waals surface area contributed by atoms with Crippen LogP contribution in [-0.4, -0.2) is 6.21 Å². The largest absolute Gasteiger partial charge is 0.257 e. The SMILES string of the molecule is C=CC(=C)c1cccc(N=C/C=C\C)c1. The zero-order chi connectivity index (χ0) is 11.1. The molecule has 0 unspecified atom stereocenters. The summed E-state index contributed by atoms with van der Waals surface area (Å²) in [5.41, 5.74) is 2.90. The second-order valence-corrected chi connectivity index (χ2v) is 3.08. The van der Waals surface area contributed by atoms with Crippen LogP contribution in [0, 0.1) is 0 Å². The highest BCUT2D eigenvalue weighted by molar-refractivity contribution is 5.77. The third-order valence-electron chi connectivity index (χ3n) is 1.97. The molecule has 0 atom stereocenters. The molecule has 1 nitrogen and oxygen atoms in total. The summed E-state index contributed by atoms with van der Waals surface area (Å²) in [5, 5.41) is 0. The lowest BCUT2D eigenvalue weighted by atomic mass is 10.1. The van der Waals surface area contributed by atoms with Crippen LogP contribution >= 0.6 is 0 Å². The van der Waals surface area contributed by atoms with Gasteiger partial charge in [-0.1, -0.05) is 37.4 Å². The zero-order valence-corrected chi connectivity index (χ0v) is 8.98. The van der Waals surface area contributed by atoms with Crippen LogP contribution in [0.3, 0.4) is 0 Å². The van der Waals surface area contributed by atoms with Crippen molar-refractivity contribution in [2.45, 2.75) is 6.92 Å². The van der Waals surface area contributed by atoms with Crippen molar-refractivity contribution in [3.8, 4) is 0 Å². The first-order valence-corrected chi connectivity index (χ1v) is 4.85. The van der Waals surface area contributed by atoms with Crippen molar-refractivity contribution in [2.75, 3.05) is 0 Å². The highest BCUT2D eigenvalue weighted by Gasteiger charge is 1.94. The lowest BCUT2D eigenvalue weighted by Gasteiger charge is -2.00. The second kappa shape index (κ2) is 5.76. The van der Waals surface area contributed by atoms with Crippen molar-refractivity contribution in [3.63, 3.8) is 0 Å². The zero-order valence-electron chi connectivity index (χ0n) is 8.98. The van der Waals surface area contributed by atoms with Crippen LogP contribution in [0.4, 0.5) is 5.69 Å². The Balaban J connectivity index is 2.92. The van der Waals surface area contributed by atoms with Crippen LogP contribution in [0.1, 0.15) is 12.5 Å². The Hall–Kier alpha value is -1.89. The fourth-order valence-corrected chi connectivity index (χ4v) is 1.12. The summed E-state index contributed by atoms with van der Waals surface area (Å²) >= 11 is 0. The van der Waals surface area contributed by atoms with Crippen LogP contribution < -0.4 is 0 Å². The Morgan fingerprint density at radius 3 is 2.87 bits per heavy atom. The molecule has 76 valence electrons. The molecular weight excluding hydrogens is 182 g/mol. The third kappa shape index (κ3) is 3.39. The Morgan fingerprint density at radius 2 is 2.20 bits per heavy atom. The Kier molecular flexibility index (Phi) is 4.30. The first-order valence-electron chi connectivity index (χ1n) is 4.85. The topological polar surface area (TPSA) is 12.4 Å². The molecule has 15 heavy (non-hydrogen) atoms. The smallest absolute Gasteiger partial charge is 0.0635 e. The first-order chi connectivity index (χ1) is 7.27. The number of hydrogen-bond acceptors (Lipinski definition) is 1. The van der Waals surface area contributed by atoms with E-state index in [1.165, 1.54) is 0 Å². The van der Waals surface area contributed by atoms with Crippen LogP contribution in [0.25, 0.3) is 5.57 Å². The van der Waals surface area contributed by atoms with Gasteiger partial charge in [0.2, 0.25) is 0 Å². The number of allylic oxidation sites excluding steroid dienone is 4. The molecule has 0 fully saturated rings. The Bertz CT molecular complexity index is 411. The van der Waals surface area contributed by atoms with Crippen molar-refractivity contribution in [1.29, 1.82) is 0 Å². The molecule has 1 heteroatoms. The minimum atomic E-state index is 0.915. The van der Waals surface area contributed by atoms with Crippen LogP contribution in [-0.2, 0) is 0 Å². The van der Waals surface area contributed by atoms with E-state index in [1.54, 1.807) is 12.3 Å². The van der Waals surface area contributed by atoms with Gasteiger partial charge < -0.3 is 0 Å². The van der Waals surface area contributed by atoms with Gasteiger partial charge in [-0.05, 0) is 36.3 Å². The second-order valence-electron chi connectivity index (χ2n) is 3.08. The molecule has 0 saturated carbocycles. The Morgan fingerprint density at radius 1 is 1.40 bits per heavy atom. The molecule has 1 rings (SSSR count). The summed E-state index contributed by atoms with van der Waals surface area (Å²) < 4.78 is 0. The van der Waals surface area contributed by atoms with Crippen molar-refractivity contribution in [2.24, 2.45) is 4.99 Å². The highest BCUT2D eigenvalue weighted by Crippen LogP contribution is 2.19. The van der Waals surface area contributed by atoms with Gasteiger partial charge in [0, 0.05) is 6.21 Å². The standard InChI is InChI=1S/C14H15N/c1-4-6-10-15-14-9-7-8-13(11-14)12(3)5-2/h4-11H,2-3H2,1H3/b6-4-,15-10?. The van der Waals surface area contributed by atoms with Crippen molar-refractivity contribution in [3.05, 3.63) is 61.2 Å². The maximum Gasteiger partial charge on any atom is 0.0635 e. The maximum absolute atomic E-state index is 4.29. The monoisotopic (exact) mass is 197 g/mol. The van der Waals surface area contributed by atoms with Crippen molar-refractivity contribution >= 4 is 17.5 Å². The number of rotatable bonds is 4. The van der Waals surface area contributed by atoms with Gasteiger partial charge in [-0.25, -0.2) is 0 Å². The van der Waals surface area contributed by atoms with Gasteiger partial charge in [-0.15, -0.1) is 0 Å². The minimum absolute atomic E-state index is 0.915. The molecule has 0 saturated heterocycles. The molecule has 0 amide bonds. The maximum atomic E-state index is 4.29. The molecule has 0 radical (unpaired) electrons. The fourth-order valence-electron chi connectivity index (χ4n) is 1.12. The number of benzene rings is 1. The predicted molar refractivity (Wildman–Crippen MR) is 68.6 cm³/mol. The number of nitrogens with zero attached hydrogens (tertiary/aromatic N) is 1. The van der Waals surface area contributed by atoms with E-state index in [4.69, 9.17) is 0 Å². The van der Waals surface area contributed by atoms with E-state index in [-0.39, 0.29) is 0 Å². The number of hydrogen-bond donors (Lipinski definition) is 0. The van der Waals surface area contributed by atoms with Crippen LogP contribution in [0.2, 0.25) is 0 Å². The summed E-state index contributed by atoms with van der Waals surface area (Å²) in [4.78, 5) is 4.29. The average Bonchev–Trinajstić information content (AvgIpc) is 2.29. The minimum Gasteiger partial charge on any atom is -0.257 e. The van der Waals surface area contributed by atoms with E-state index in [1.807, 2.05) is 43.3 Å². The summed E-state index contributed by atoms with van der Waals surface area (Å²) in [6, 6.07) is 7.91. The molecule has 0 spiro atoms. The van der Waals surface area contributed by atoms with Crippen molar-refractivity contribution in [1.82, 2.24) is 0 Å².